The number of hydrogen-bond acceptors (Lipinski definition) is 7. The van der Waals surface area contributed by atoms with Crippen LogP contribution in [-0.4, -0.2) is 31.0 Å². The van der Waals surface area contributed by atoms with Gasteiger partial charge in [-0.3, -0.25) is 13.6 Å². The number of halogens is 3. The summed E-state index contributed by atoms with van der Waals surface area (Å²) in [4.78, 5) is 0. The molecule has 3 atom stereocenters. The van der Waals surface area contributed by atoms with Gasteiger partial charge in [0.25, 0.3) is 0 Å². The molecule has 1 aliphatic heterocycles. The normalized spacial score (nSPS) is 21.4. The molecule has 7 nitrogen and oxygen atoms in total. The predicted octanol–water partition coefficient (Wildman–Crippen LogP) is 10.6. The second-order valence-corrected chi connectivity index (χ2v) is 16.4. The molecule has 2 aromatic rings. The summed E-state index contributed by atoms with van der Waals surface area (Å²) in [5.74, 6) is 1.62. The monoisotopic (exact) mass is 706 g/mol. The molecule has 1 aliphatic carbocycles. The lowest BCUT2D eigenvalue weighted by Crippen LogP contribution is -2.30. The molecular formula is C38H50F3O7P. The summed E-state index contributed by atoms with van der Waals surface area (Å²) in [7, 11) is -4.02. The molecule has 0 radical (unpaired) electrons. The third kappa shape index (κ3) is 12.1. The van der Waals surface area contributed by atoms with E-state index < -0.39 is 36.2 Å². The molecule has 0 amide bonds. The van der Waals surface area contributed by atoms with E-state index in [4.69, 9.17) is 27.8 Å². The van der Waals surface area contributed by atoms with Gasteiger partial charge in [0.1, 0.15) is 18.1 Å². The average molecular weight is 707 g/mol. The van der Waals surface area contributed by atoms with Crippen LogP contribution in [0.5, 0.6) is 11.5 Å². The van der Waals surface area contributed by atoms with Crippen LogP contribution in [0, 0.1) is 17.3 Å². The van der Waals surface area contributed by atoms with Gasteiger partial charge in [0.2, 0.25) is 0 Å². The Bertz CT molecular complexity index is 1550. The lowest BCUT2D eigenvalue weighted by Gasteiger charge is -2.33. The lowest BCUT2D eigenvalue weighted by atomic mass is 9.84. The van der Waals surface area contributed by atoms with E-state index in [1.54, 1.807) is 72.7 Å². The Labute approximate surface area is 289 Å². The molecule has 0 N–H and O–H groups in total. The van der Waals surface area contributed by atoms with Crippen molar-refractivity contribution in [1.82, 2.24) is 0 Å². The maximum absolute atomic E-state index is 14.3. The summed E-state index contributed by atoms with van der Waals surface area (Å²) < 4.78 is 91.5. The second kappa shape index (κ2) is 15.5. The van der Waals surface area contributed by atoms with E-state index in [1.807, 2.05) is 24.3 Å². The standard InChI is InChI=1S/C38H50F3O7P/c1-27-12-9-10-14-31(27)24-43-32-15-11-13-30(20-32)23-44-34-17-16-29(21-33(34)38(39,40)41)18-19-37(22-28(2)45-25-37)26-46-49(42,47-35(3,4)5)48-36(6,7)8/h9-17,20-22,27,31H,18-19,23-26H2,1-8H3/t27?,31?,37-/m1/s1. The number of hydrogen-bond donors (Lipinski definition) is 0. The van der Waals surface area contributed by atoms with Crippen molar-refractivity contribution in [3.8, 4) is 11.5 Å². The molecule has 4 rings (SSSR count). The summed E-state index contributed by atoms with van der Waals surface area (Å²) in [5.41, 5.74) is -2.09. The van der Waals surface area contributed by atoms with Crippen molar-refractivity contribution in [3.63, 3.8) is 0 Å². The second-order valence-electron chi connectivity index (χ2n) is 14.9. The van der Waals surface area contributed by atoms with Crippen LogP contribution in [-0.2, 0) is 42.1 Å². The number of rotatable bonds is 14. The number of phosphoric ester groups is 1. The Hall–Kier alpha value is -3.04. The first-order valence-electron chi connectivity index (χ1n) is 16.6. The van der Waals surface area contributed by atoms with Gasteiger partial charge >= 0.3 is 14.0 Å². The van der Waals surface area contributed by atoms with Gasteiger partial charge in [0.05, 0.1) is 47.8 Å². The van der Waals surface area contributed by atoms with Crippen LogP contribution < -0.4 is 9.47 Å². The van der Waals surface area contributed by atoms with Crippen molar-refractivity contribution in [1.29, 1.82) is 0 Å². The first-order chi connectivity index (χ1) is 22.7. The van der Waals surface area contributed by atoms with Gasteiger partial charge in [-0.15, -0.1) is 0 Å². The number of ether oxygens (including phenoxy) is 3. The third-order valence-electron chi connectivity index (χ3n) is 7.93. The van der Waals surface area contributed by atoms with E-state index in [0.29, 0.717) is 41.6 Å². The summed E-state index contributed by atoms with van der Waals surface area (Å²) >= 11 is 0. The van der Waals surface area contributed by atoms with Crippen LogP contribution in [0.2, 0.25) is 0 Å². The highest BCUT2D eigenvalue weighted by molar-refractivity contribution is 7.48. The molecule has 0 saturated heterocycles. The molecule has 0 bridgehead atoms. The van der Waals surface area contributed by atoms with Crippen LogP contribution in [0.1, 0.15) is 78.5 Å². The largest absolute Gasteiger partial charge is 0.498 e. The quantitative estimate of drug-likeness (QED) is 0.181. The first-order valence-corrected chi connectivity index (χ1v) is 18.1. The molecule has 1 heterocycles. The summed E-state index contributed by atoms with van der Waals surface area (Å²) in [6.45, 7) is 15.0. The van der Waals surface area contributed by atoms with Crippen molar-refractivity contribution in [2.24, 2.45) is 17.3 Å². The zero-order valence-electron chi connectivity index (χ0n) is 29.8. The van der Waals surface area contributed by atoms with Gasteiger partial charge in [0.15, 0.2) is 0 Å². The van der Waals surface area contributed by atoms with Gasteiger partial charge in [0, 0.05) is 5.92 Å². The molecule has 11 heteroatoms. The van der Waals surface area contributed by atoms with Gasteiger partial charge in [-0.05, 0) is 109 Å². The van der Waals surface area contributed by atoms with Gasteiger partial charge in [-0.1, -0.05) is 49.4 Å². The van der Waals surface area contributed by atoms with Crippen molar-refractivity contribution >= 4 is 7.82 Å². The summed E-state index contributed by atoms with van der Waals surface area (Å²) in [5, 5.41) is 0. The molecule has 2 aromatic carbocycles. The van der Waals surface area contributed by atoms with E-state index in [-0.39, 0.29) is 37.9 Å². The van der Waals surface area contributed by atoms with Crippen LogP contribution in [0.25, 0.3) is 0 Å². The maximum atomic E-state index is 14.3. The van der Waals surface area contributed by atoms with Crippen molar-refractivity contribution in [3.05, 3.63) is 95.3 Å². The predicted molar refractivity (Wildman–Crippen MR) is 184 cm³/mol. The van der Waals surface area contributed by atoms with E-state index in [9.17, 15) is 17.7 Å². The number of aryl methyl sites for hydroxylation is 1. The number of alkyl halides is 3. The van der Waals surface area contributed by atoms with Crippen LogP contribution >= 0.6 is 7.82 Å². The van der Waals surface area contributed by atoms with Gasteiger partial charge < -0.3 is 14.2 Å². The third-order valence-corrected chi connectivity index (χ3v) is 9.92. The Morgan fingerprint density at radius 3 is 2.22 bits per heavy atom. The molecule has 0 aromatic heterocycles. The number of phosphoric acid groups is 1. The minimum Gasteiger partial charge on any atom is -0.498 e. The Kier molecular flexibility index (Phi) is 12.2. The van der Waals surface area contributed by atoms with E-state index in [1.165, 1.54) is 6.07 Å². The Morgan fingerprint density at radius 2 is 1.61 bits per heavy atom. The average Bonchev–Trinajstić information content (AvgIpc) is 3.36. The minimum absolute atomic E-state index is 0.0582. The smallest absolute Gasteiger partial charge is 0.475 e. The Balaban J connectivity index is 1.44. The zero-order valence-corrected chi connectivity index (χ0v) is 30.7. The molecule has 270 valence electrons. The first kappa shape index (κ1) is 38.8. The highest BCUT2D eigenvalue weighted by atomic mass is 31.2. The van der Waals surface area contributed by atoms with E-state index in [0.717, 1.165) is 6.07 Å². The van der Waals surface area contributed by atoms with Crippen molar-refractivity contribution < 1.29 is 45.5 Å². The Morgan fingerprint density at radius 1 is 0.918 bits per heavy atom. The fourth-order valence-electron chi connectivity index (χ4n) is 5.55. The fourth-order valence-corrected chi connectivity index (χ4v) is 7.44. The van der Waals surface area contributed by atoms with Crippen molar-refractivity contribution in [2.75, 3.05) is 19.8 Å². The summed E-state index contributed by atoms with van der Waals surface area (Å²) in [6, 6.07) is 11.3. The SMILES string of the molecule is CC1=C[C@@](CCc2ccc(OCc3cccc(OCC4C=CC=CC4C)c3)c(C(F)(F)F)c2)(COP(=O)(OC(C)(C)C)OC(C)(C)C)CO1. The zero-order chi connectivity index (χ0) is 36.1. The highest BCUT2D eigenvalue weighted by Crippen LogP contribution is 2.56. The summed E-state index contributed by atoms with van der Waals surface area (Å²) in [6.07, 6.45) is 6.13. The van der Waals surface area contributed by atoms with E-state index in [2.05, 4.69) is 19.1 Å². The van der Waals surface area contributed by atoms with Crippen molar-refractivity contribution in [2.45, 2.75) is 92.2 Å². The van der Waals surface area contributed by atoms with Crippen LogP contribution in [0.3, 0.4) is 0 Å². The molecule has 49 heavy (non-hydrogen) atoms. The molecular weight excluding hydrogens is 656 g/mol. The molecule has 0 fully saturated rings. The van der Waals surface area contributed by atoms with Crippen LogP contribution in [0.15, 0.2) is 78.6 Å². The maximum Gasteiger partial charge on any atom is 0.475 e. The van der Waals surface area contributed by atoms with Crippen LogP contribution in [0.4, 0.5) is 13.2 Å². The lowest BCUT2D eigenvalue weighted by molar-refractivity contribution is -0.139. The number of allylic oxidation sites excluding steroid dienone is 4. The van der Waals surface area contributed by atoms with Gasteiger partial charge in [-0.2, -0.15) is 13.2 Å². The van der Waals surface area contributed by atoms with E-state index >= 15 is 0 Å². The molecule has 0 spiro atoms. The van der Waals surface area contributed by atoms with Gasteiger partial charge in [-0.25, -0.2) is 4.57 Å². The molecule has 2 aliphatic rings. The molecule has 2 unspecified atom stereocenters. The molecule has 0 saturated carbocycles. The minimum atomic E-state index is -4.63. The highest BCUT2D eigenvalue weighted by Gasteiger charge is 2.42. The topological polar surface area (TPSA) is 72.5 Å². The number of benzene rings is 2. The fraction of sp³-hybridized carbons (Fsp3) is 0.526.